The smallest absolute Gasteiger partial charge is 0.309 e. The molecule has 0 fully saturated rings. The van der Waals surface area contributed by atoms with Gasteiger partial charge in [-0.05, 0) is 43.7 Å². The molecule has 0 saturated heterocycles. The van der Waals surface area contributed by atoms with Gasteiger partial charge in [-0.3, -0.25) is 15.1 Å². The van der Waals surface area contributed by atoms with Crippen molar-refractivity contribution < 1.29 is 14.4 Å². The van der Waals surface area contributed by atoms with Crippen LogP contribution in [0.4, 0.5) is 0 Å². The molecule has 0 aromatic heterocycles. The Bertz CT molecular complexity index is 482. The van der Waals surface area contributed by atoms with E-state index in [1.165, 1.54) is 0 Å². The van der Waals surface area contributed by atoms with E-state index in [0.717, 1.165) is 42.5 Å². The summed E-state index contributed by atoms with van der Waals surface area (Å²) in [6.45, 7) is 2.77. The molecule has 0 heterocycles. The molecule has 1 N–H and O–H groups in total. The van der Waals surface area contributed by atoms with E-state index in [0.29, 0.717) is 19.6 Å². The van der Waals surface area contributed by atoms with Crippen LogP contribution in [0.25, 0.3) is 0 Å². The van der Waals surface area contributed by atoms with Crippen LogP contribution in [0.5, 0.6) is 0 Å². The number of nitrogens with one attached hydrogen (secondary N) is 1. The number of carbonyl (C=O) groups is 1. The Labute approximate surface area is 126 Å². The van der Waals surface area contributed by atoms with Crippen molar-refractivity contribution in [3.05, 3.63) is 47.2 Å². The highest BCUT2D eigenvalue weighted by molar-refractivity contribution is 5.72. The van der Waals surface area contributed by atoms with Crippen LogP contribution >= 0.6 is 0 Å². The molecule has 1 aromatic carbocycles. The normalized spacial score (nSPS) is 14.9. The monoisotopic (exact) mass is 289 g/mol. The SMILES string of the molecule is CCOC(=O)CC1=C(NOCc2ccccc2)CCCC1. The predicted octanol–water partition coefficient (Wildman–Crippen LogP) is 3.49. The van der Waals surface area contributed by atoms with Crippen LogP contribution in [0.3, 0.4) is 0 Å². The summed E-state index contributed by atoms with van der Waals surface area (Å²) < 4.78 is 5.03. The second-order valence-corrected chi connectivity index (χ2v) is 5.15. The summed E-state index contributed by atoms with van der Waals surface area (Å²) in [5.41, 5.74) is 6.32. The first-order valence-electron chi connectivity index (χ1n) is 7.58. The van der Waals surface area contributed by atoms with Gasteiger partial charge in [0.2, 0.25) is 0 Å². The fourth-order valence-electron chi connectivity index (χ4n) is 2.45. The number of benzene rings is 1. The van der Waals surface area contributed by atoms with E-state index < -0.39 is 0 Å². The molecular formula is C17H23NO3. The fourth-order valence-corrected chi connectivity index (χ4v) is 2.45. The van der Waals surface area contributed by atoms with Gasteiger partial charge < -0.3 is 4.74 Å². The third-order valence-electron chi connectivity index (χ3n) is 3.52. The molecule has 0 spiro atoms. The average Bonchev–Trinajstić information content (AvgIpc) is 2.50. The number of allylic oxidation sites excluding steroid dienone is 1. The Balaban J connectivity index is 1.88. The summed E-state index contributed by atoms with van der Waals surface area (Å²) in [7, 11) is 0. The van der Waals surface area contributed by atoms with Crippen LogP contribution in [0.2, 0.25) is 0 Å². The van der Waals surface area contributed by atoms with Gasteiger partial charge in [-0.2, -0.15) is 0 Å². The topological polar surface area (TPSA) is 47.6 Å². The van der Waals surface area contributed by atoms with Gasteiger partial charge in [0, 0.05) is 5.70 Å². The summed E-state index contributed by atoms with van der Waals surface area (Å²) in [5, 5.41) is 0. The molecule has 0 radical (unpaired) electrons. The maximum Gasteiger partial charge on any atom is 0.309 e. The Kier molecular flexibility index (Phi) is 6.28. The van der Waals surface area contributed by atoms with Gasteiger partial charge >= 0.3 is 5.97 Å². The van der Waals surface area contributed by atoms with E-state index in [9.17, 15) is 4.79 Å². The maximum atomic E-state index is 11.6. The third kappa shape index (κ3) is 5.23. The molecule has 4 heteroatoms. The Morgan fingerprint density at radius 3 is 2.71 bits per heavy atom. The van der Waals surface area contributed by atoms with E-state index in [1.807, 2.05) is 37.3 Å². The molecule has 1 aliphatic carbocycles. The summed E-state index contributed by atoms with van der Waals surface area (Å²) in [6, 6.07) is 10.0. The number of hydrogen-bond donors (Lipinski definition) is 1. The zero-order valence-corrected chi connectivity index (χ0v) is 12.6. The summed E-state index contributed by atoms with van der Waals surface area (Å²) in [4.78, 5) is 17.2. The molecule has 1 aromatic rings. The Hall–Kier alpha value is -1.81. The van der Waals surface area contributed by atoms with Crippen LogP contribution in [-0.2, 0) is 21.0 Å². The first-order chi connectivity index (χ1) is 10.3. The first kappa shape index (κ1) is 15.6. The molecule has 114 valence electrons. The van der Waals surface area contributed by atoms with Crippen LogP contribution in [0.15, 0.2) is 41.6 Å². The minimum Gasteiger partial charge on any atom is -0.466 e. The second-order valence-electron chi connectivity index (χ2n) is 5.15. The minimum absolute atomic E-state index is 0.156. The number of esters is 1. The molecule has 0 amide bonds. The van der Waals surface area contributed by atoms with Crippen LogP contribution < -0.4 is 5.48 Å². The molecule has 1 aliphatic rings. The van der Waals surface area contributed by atoms with Crippen LogP contribution in [0.1, 0.15) is 44.6 Å². The second kappa shape index (κ2) is 8.47. The first-order valence-corrected chi connectivity index (χ1v) is 7.58. The lowest BCUT2D eigenvalue weighted by Crippen LogP contribution is -2.20. The van der Waals surface area contributed by atoms with Gasteiger partial charge in [-0.1, -0.05) is 30.3 Å². The standard InChI is InChI=1S/C17H23NO3/c1-2-20-17(19)12-15-10-6-7-11-16(15)18-21-13-14-8-4-3-5-9-14/h3-5,8-9,18H,2,6-7,10-13H2,1H3. The minimum atomic E-state index is -0.156. The largest absolute Gasteiger partial charge is 0.466 e. The van der Waals surface area contributed by atoms with Crippen LogP contribution in [0, 0.1) is 0 Å². The predicted molar refractivity (Wildman–Crippen MR) is 81.1 cm³/mol. The Morgan fingerprint density at radius 2 is 1.95 bits per heavy atom. The fraction of sp³-hybridized carbons (Fsp3) is 0.471. The van der Waals surface area contributed by atoms with E-state index in [-0.39, 0.29) is 5.97 Å². The average molecular weight is 289 g/mol. The molecule has 0 bridgehead atoms. The molecular weight excluding hydrogens is 266 g/mol. The highest BCUT2D eigenvalue weighted by Gasteiger charge is 2.16. The summed E-state index contributed by atoms with van der Waals surface area (Å²) >= 11 is 0. The van der Waals surface area contributed by atoms with Gasteiger partial charge in [-0.25, -0.2) is 0 Å². The Morgan fingerprint density at radius 1 is 1.19 bits per heavy atom. The van der Waals surface area contributed by atoms with Crippen molar-refractivity contribution in [2.24, 2.45) is 0 Å². The third-order valence-corrected chi connectivity index (χ3v) is 3.52. The van der Waals surface area contributed by atoms with Crippen molar-refractivity contribution in [2.45, 2.75) is 45.6 Å². The number of hydrogen-bond acceptors (Lipinski definition) is 4. The molecule has 0 unspecified atom stereocenters. The molecule has 0 saturated carbocycles. The number of carbonyl (C=O) groups excluding carboxylic acids is 1. The van der Waals surface area contributed by atoms with E-state index in [2.05, 4.69) is 5.48 Å². The van der Waals surface area contributed by atoms with Crippen molar-refractivity contribution in [3.63, 3.8) is 0 Å². The molecule has 21 heavy (non-hydrogen) atoms. The molecule has 2 rings (SSSR count). The number of hydroxylamine groups is 1. The maximum absolute atomic E-state index is 11.6. The summed E-state index contributed by atoms with van der Waals surface area (Å²) in [6.07, 6.45) is 4.49. The molecule has 0 aliphatic heterocycles. The molecule has 0 atom stereocenters. The molecule has 4 nitrogen and oxygen atoms in total. The van der Waals surface area contributed by atoms with Gasteiger partial charge in [0.1, 0.15) is 0 Å². The van der Waals surface area contributed by atoms with Crippen molar-refractivity contribution in [2.75, 3.05) is 6.61 Å². The summed E-state index contributed by atoms with van der Waals surface area (Å²) in [5.74, 6) is -0.156. The zero-order valence-electron chi connectivity index (χ0n) is 12.6. The van der Waals surface area contributed by atoms with Crippen molar-refractivity contribution in [3.8, 4) is 0 Å². The van der Waals surface area contributed by atoms with E-state index in [4.69, 9.17) is 9.57 Å². The van der Waals surface area contributed by atoms with Gasteiger partial charge in [0.15, 0.2) is 0 Å². The number of rotatable bonds is 7. The quantitative estimate of drug-likeness (QED) is 0.616. The van der Waals surface area contributed by atoms with Crippen molar-refractivity contribution >= 4 is 5.97 Å². The van der Waals surface area contributed by atoms with Crippen molar-refractivity contribution in [1.29, 1.82) is 0 Å². The highest BCUT2D eigenvalue weighted by Crippen LogP contribution is 2.25. The van der Waals surface area contributed by atoms with E-state index >= 15 is 0 Å². The van der Waals surface area contributed by atoms with Crippen LogP contribution in [-0.4, -0.2) is 12.6 Å². The lowest BCUT2D eigenvalue weighted by molar-refractivity contribution is -0.142. The highest BCUT2D eigenvalue weighted by atomic mass is 16.6. The van der Waals surface area contributed by atoms with Gasteiger partial charge in [0.05, 0.1) is 19.6 Å². The van der Waals surface area contributed by atoms with Gasteiger partial charge in [-0.15, -0.1) is 0 Å². The number of ether oxygens (including phenoxy) is 1. The lowest BCUT2D eigenvalue weighted by Gasteiger charge is -2.21. The zero-order chi connectivity index (χ0) is 14.9. The van der Waals surface area contributed by atoms with Gasteiger partial charge in [0.25, 0.3) is 0 Å². The lowest BCUT2D eigenvalue weighted by atomic mass is 9.94. The van der Waals surface area contributed by atoms with Crippen molar-refractivity contribution in [1.82, 2.24) is 5.48 Å². The van der Waals surface area contributed by atoms with E-state index in [1.54, 1.807) is 0 Å².